The molecule has 3 nitrogen and oxygen atoms in total. The van der Waals surface area contributed by atoms with Gasteiger partial charge >= 0.3 is 0 Å². The lowest BCUT2D eigenvalue weighted by Gasteiger charge is -2.11. The minimum Gasteiger partial charge on any atom is -0.374 e. The third kappa shape index (κ3) is 3.26. The van der Waals surface area contributed by atoms with Crippen LogP contribution in [0.5, 0.6) is 0 Å². The maximum absolute atomic E-state index is 5.72. The number of ether oxygens (including phenoxy) is 1. The highest BCUT2D eigenvalue weighted by Crippen LogP contribution is 2.18. The zero-order valence-electron chi connectivity index (χ0n) is 9.32. The van der Waals surface area contributed by atoms with Crippen LogP contribution < -0.4 is 5.32 Å². The Bertz CT molecular complexity index is 313. The summed E-state index contributed by atoms with van der Waals surface area (Å²) in [4.78, 5) is 4.40. The number of nitrogens with zero attached hydrogens (tertiary/aromatic N) is 1. The normalized spacial score (nSPS) is 26.0. The van der Waals surface area contributed by atoms with E-state index in [9.17, 15) is 0 Å². The summed E-state index contributed by atoms with van der Waals surface area (Å²) in [6.07, 6.45) is 3.23. The topological polar surface area (TPSA) is 34.2 Å². The summed E-state index contributed by atoms with van der Waals surface area (Å²) < 4.78 is 5.72. The highest BCUT2D eigenvalue weighted by Gasteiger charge is 2.20. The average Bonchev–Trinajstić information content (AvgIpc) is 2.76. The molecule has 1 aromatic heterocycles. The summed E-state index contributed by atoms with van der Waals surface area (Å²) in [7, 11) is 0. The minimum atomic E-state index is 0.403. The van der Waals surface area contributed by atoms with Crippen molar-refractivity contribution in [3.63, 3.8) is 0 Å². The van der Waals surface area contributed by atoms with Crippen molar-refractivity contribution in [2.24, 2.45) is 0 Å². The van der Waals surface area contributed by atoms with E-state index in [1.54, 1.807) is 11.3 Å². The van der Waals surface area contributed by atoms with Gasteiger partial charge in [0.15, 0.2) is 0 Å². The van der Waals surface area contributed by atoms with Gasteiger partial charge < -0.3 is 10.1 Å². The number of thiazole rings is 1. The molecule has 0 amide bonds. The molecule has 0 radical (unpaired) electrons. The highest BCUT2D eigenvalue weighted by molar-refractivity contribution is 7.09. The molecule has 1 saturated heterocycles. The molecule has 0 aromatic carbocycles. The molecule has 1 fully saturated rings. The van der Waals surface area contributed by atoms with Crippen molar-refractivity contribution in [1.29, 1.82) is 0 Å². The third-order valence-electron chi connectivity index (χ3n) is 2.66. The predicted octanol–water partition coefficient (Wildman–Crippen LogP) is 2.11. The van der Waals surface area contributed by atoms with Crippen molar-refractivity contribution in [3.8, 4) is 0 Å². The van der Waals surface area contributed by atoms with Gasteiger partial charge in [-0.15, -0.1) is 11.3 Å². The number of aromatic nitrogens is 1. The molecule has 2 atom stereocenters. The summed E-state index contributed by atoms with van der Waals surface area (Å²) in [6, 6.07) is 0. The van der Waals surface area contributed by atoms with E-state index in [-0.39, 0.29) is 0 Å². The molecule has 1 aromatic rings. The number of nitrogens with one attached hydrogen (secondary N) is 1. The highest BCUT2D eigenvalue weighted by atomic mass is 32.1. The van der Waals surface area contributed by atoms with E-state index in [0.29, 0.717) is 12.2 Å². The van der Waals surface area contributed by atoms with Gasteiger partial charge in [0.05, 0.1) is 22.9 Å². The van der Waals surface area contributed by atoms with Gasteiger partial charge in [0, 0.05) is 18.5 Å². The molecule has 0 aliphatic carbocycles. The maximum atomic E-state index is 5.72. The van der Waals surface area contributed by atoms with Crippen LogP contribution in [0.2, 0.25) is 0 Å². The number of aryl methyl sites for hydroxylation is 1. The maximum Gasteiger partial charge on any atom is 0.0897 e. The smallest absolute Gasteiger partial charge is 0.0897 e. The molecule has 1 aliphatic rings. The summed E-state index contributed by atoms with van der Waals surface area (Å²) in [6.45, 7) is 5.99. The Labute approximate surface area is 94.9 Å². The minimum absolute atomic E-state index is 0.403. The van der Waals surface area contributed by atoms with Crippen LogP contribution in [0.1, 0.15) is 30.5 Å². The van der Waals surface area contributed by atoms with Crippen LogP contribution >= 0.6 is 11.3 Å². The summed E-state index contributed by atoms with van der Waals surface area (Å²) >= 11 is 1.71. The van der Waals surface area contributed by atoms with E-state index >= 15 is 0 Å². The number of hydrogen-bond acceptors (Lipinski definition) is 4. The Kier molecular flexibility index (Phi) is 3.72. The first kappa shape index (κ1) is 11.0. The van der Waals surface area contributed by atoms with Gasteiger partial charge in [-0.05, 0) is 26.7 Å². The molecular weight excluding hydrogens is 208 g/mol. The molecule has 0 saturated carbocycles. The van der Waals surface area contributed by atoms with Crippen LogP contribution in [0, 0.1) is 6.92 Å². The fraction of sp³-hybridized carbons (Fsp3) is 0.727. The van der Waals surface area contributed by atoms with Crippen LogP contribution in [0.15, 0.2) is 5.38 Å². The monoisotopic (exact) mass is 226 g/mol. The Hall–Kier alpha value is -0.450. The van der Waals surface area contributed by atoms with Gasteiger partial charge in [-0.3, -0.25) is 0 Å². The van der Waals surface area contributed by atoms with Crippen molar-refractivity contribution < 1.29 is 4.74 Å². The van der Waals surface area contributed by atoms with Crippen LogP contribution in [0.25, 0.3) is 0 Å². The lowest BCUT2D eigenvalue weighted by molar-refractivity contribution is 0.0558. The summed E-state index contributed by atoms with van der Waals surface area (Å²) in [5.74, 6) is 0. The van der Waals surface area contributed by atoms with Gasteiger partial charge in [0.25, 0.3) is 0 Å². The second-order valence-electron chi connectivity index (χ2n) is 4.13. The lowest BCUT2D eigenvalue weighted by Crippen LogP contribution is -2.26. The molecule has 15 heavy (non-hydrogen) atoms. The standard InChI is InChI=1S/C11H18N2OS/c1-8-3-4-11(14-8)6-12-5-10-7-15-9(2)13-10/h7-8,11-12H,3-6H2,1-2H3. The third-order valence-corrected chi connectivity index (χ3v) is 3.49. The van der Waals surface area contributed by atoms with Crippen molar-refractivity contribution in [3.05, 3.63) is 16.1 Å². The average molecular weight is 226 g/mol. The molecule has 84 valence electrons. The molecule has 0 bridgehead atoms. The van der Waals surface area contributed by atoms with E-state index in [1.165, 1.54) is 12.8 Å². The summed E-state index contributed by atoms with van der Waals surface area (Å²) in [5.41, 5.74) is 1.14. The SMILES string of the molecule is Cc1nc(CNCC2CCC(C)O2)cs1. The van der Waals surface area contributed by atoms with Crippen molar-refractivity contribution in [1.82, 2.24) is 10.3 Å². The molecular formula is C11H18N2OS. The van der Waals surface area contributed by atoms with Crippen molar-refractivity contribution in [2.75, 3.05) is 6.54 Å². The first-order valence-electron chi connectivity index (χ1n) is 5.51. The zero-order chi connectivity index (χ0) is 10.7. The Morgan fingerprint density at radius 3 is 3.07 bits per heavy atom. The zero-order valence-corrected chi connectivity index (χ0v) is 10.1. The largest absolute Gasteiger partial charge is 0.374 e. The molecule has 2 rings (SSSR count). The molecule has 0 spiro atoms. The molecule has 1 aliphatic heterocycles. The first-order valence-corrected chi connectivity index (χ1v) is 6.39. The van der Waals surface area contributed by atoms with Gasteiger partial charge in [0.2, 0.25) is 0 Å². The molecule has 2 heterocycles. The molecule has 4 heteroatoms. The molecule has 2 unspecified atom stereocenters. The van der Waals surface area contributed by atoms with E-state index in [1.807, 2.05) is 6.92 Å². The van der Waals surface area contributed by atoms with Crippen LogP contribution in [0.3, 0.4) is 0 Å². The Morgan fingerprint density at radius 2 is 2.47 bits per heavy atom. The lowest BCUT2D eigenvalue weighted by atomic mass is 10.2. The van der Waals surface area contributed by atoms with Crippen LogP contribution in [-0.4, -0.2) is 23.7 Å². The number of hydrogen-bond donors (Lipinski definition) is 1. The Morgan fingerprint density at radius 1 is 1.60 bits per heavy atom. The predicted molar refractivity (Wildman–Crippen MR) is 62.1 cm³/mol. The fourth-order valence-electron chi connectivity index (χ4n) is 1.89. The van der Waals surface area contributed by atoms with Gasteiger partial charge in [0.1, 0.15) is 0 Å². The molecule has 1 N–H and O–H groups in total. The first-order chi connectivity index (χ1) is 7.24. The Balaban J connectivity index is 1.67. The second-order valence-corrected chi connectivity index (χ2v) is 5.20. The van der Waals surface area contributed by atoms with E-state index in [4.69, 9.17) is 4.74 Å². The van der Waals surface area contributed by atoms with Crippen molar-refractivity contribution >= 4 is 11.3 Å². The number of rotatable bonds is 4. The van der Waals surface area contributed by atoms with Crippen molar-refractivity contribution in [2.45, 2.75) is 45.4 Å². The van der Waals surface area contributed by atoms with E-state index in [2.05, 4.69) is 22.6 Å². The fourth-order valence-corrected chi connectivity index (χ4v) is 2.50. The van der Waals surface area contributed by atoms with Gasteiger partial charge in [-0.25, -0.2) is 4.98 Å². The van der Waals surface area contributed by atoms with E-state index in [0.717, 1.165) is 23.8 Å². The van der Waals surface area contributed by atoms with Gasteiger partial charge in [-0.2, -0.15) is 0 Å². The van der Waals surface area contributed by atoms with Crippen LogP contribution in [0.4, 0.5) is 0 Å². The second kappa shape index (κ2) is 5.05. The van der Waals surface area contributed by atoms with Crippen LogP contribution in [-0.2, 0) is 11.3 Å². The summed E-state index contributed by atoms with van der Waals surface area (Å²) in [5, 5.41) is 6.64. The van der Waals surface area contributed by atoms with Gasteiger partial charge in [-0.1, -0.05) is 0 Å². The quantitative estimate of drug-likeness (QED) is 0.854. The van der Waals surface area contributed by atoms with E-state index < -0.39 is 0 Å².